The molecule has 0 saturated heterocycles. The van der Waals surface area contributed by atoms with Crippen molar-refractivity contribution in [2.24, 2.45) is 7.05 Å². The molecule has 0 radical (unpaired) electrons. The first-order valence-electron chi connectivity index (χ1n) is 5.39. The van der Waals surface area contributed by atoms with E-state index in [1.165, 1.54) is 17.1 Å². The van der Waals surface area contributed by atoms with E-state index in [2.05, 4.69) is 10.2 Å². The summed E-state index contributed by atoms with van der Waals surface area (Å²) in [5.41, 5.74) is 1.94. The molecule has 0 aliphatic rings. The third kappa shape index (κ3) is 2.73. The topological polar surface area (TPSA) is 69.8 Å². The van der Waals surface area contributed by atoms with Crippen LogP contribution in [0.4, 0.5) is 0 Å². The lowest BCUT2D eigenvalue weighted by molar-refractivity contribution is 0.607. The van der Waals surface area contributed by atoms with Crippen LogP contribution < -0.4 is 0 Å². The lowest BCUT2D eigenvalue weighted by atomic mass is 10.3. The number of hydrogen-bond donors (Lipinski definition) is 0. The Morgan fingerprint density at radius 3 is 2.67 bits per heavy atom. The molecule has 18 heavy (non-hydrogen) atoms. The van der Waals surface area contributed by atoms with Gasteiger partial charge in [-0.15, -0.1) is 0 Å². The summed E-state index contributed by atoms with van der Waals surface area (Å²) in [5.74, 6) is 0. The van der Waals surface area contributed by atoms with Gasteiger partial charge in [0, 0.05) is 23.9 Å². The SMILES string of the molecule is CCc1cc(Cn2cc(S(=O)(=O)Cl)cn2)n(C)n1. The summed E-state index contributed by atoms with van der Waals surface area (Å²) in [6.07, 6.45) is 3.49. The van der Waals surface area contributed by atoms with Gasteiger partial charge in [-0.25, -0.2) is 8.42 Å². The van der Waals surface area contributed by atoms with E-state index in [0.717, 1.165) is 17.8 Å². The molecule has 0 atom stereocenters. The lowest BCUT2D eigenvalue weighted by Crippen LogP contribution is -2.05. The highest BCUT2D eigenvalue weighted by atomic mass is 35.7. The van der Waals surface area contributed by atoms with Crippen molar-refractivity contribution in [3.63, 3.8) is 0 Å². The molecule has 0 N–H and O–H groups in total. The van der Waals surface area contributed by atoms with E-state index in [1.54, 1.807) is 4.68 Å². The Balaban J connectivity index is 2.24. The van der Waals surface area contributed by atoms with Gasteiger partial charge in [0.15, 0.2) is 0 Å². The summed E-state index contributed by atoms with van der Waals surface area (Å²) >= 11 is 0. The average Bonchev–Trinajstić information content (AvgIpc) is 2.86. The van der Waals surface area contributed by atoms with Crippen LogP contribution in [0.1, 0.15) is 18.3 Å². The standard InChI is InChI=1S/C10H13ClN4O2S/c1-3-8-4-9(14(2)13-8)6-15-7-10(5-12-15)18(11,16)17/h4-5,7H,3,6H2,1-2H3. The van der Waals surface area contributed by atoms with Crippen molar-refractivity contribution in [2.75, 3.05) is 0 Å². The smallest absolute Gasteiger partial charge is 0.264 e. The molecule has 0 saturated carbocycles. The molecule has 0 amide bonds. The van der Waals surface area contributed by atoms with Gasteiger partial charge in [0.05, 0.1) is 24.1 Å². The van der Waals surface area contributed by atoms with Crippen LogP contribution in [0.3, 0.4) is 0 Å². The summed E-state index contributed by atoms with van der Waals surface area (Å²) < 4.78 is 25.5. The van der Waals surface area contributed by atoms with Crippen LogP contribution in [0.5, 0.6) is 0 Å². The molecule has 0 aliphatic heterocycles. The highest BCUT2D eigenvalue weighted by molar-refractivity contribution is 8.13. The van der Waals surface area contributed by atoms with Crippen molar-refractivity contribution in [1.82, 2.24) is 19.6 Å². The number of aromatic nitrogens is 4. The van der Waals surface area contributed by atoms with E-state index < -0.39 is 9.05 Å². The summed E-state index contributed by atoms with van der Waals surface area (Å²) in [6.45, 7) is 2.48. The summed E-state index contributed by atoms with van der Waals surface area (Å²) in [5, 5.41) is 8.28. The fourth-order valence-corrected chi connectivity index (χ4v) is 2.27. The van der Waals surface area contributed by atoms with E-state index in [0.29, 0.717) is 6.54 Å². The Hall–Kier alpha value is -1.34. The molecule has 98 valence electrons. The maximum atomic E-state index is 11.1. The number of nitrogens with zero attached hydrogens (tertiary/aromatic N) is 4. The van der Waals surface area contributed by atoms with E-state index in [1.807, 2.05) is 20.0 Å². The number of rotatable bonds is 4. The summed E-state index contributed by atoms with van der Waals surface area (Å²) in [7, 11) is 3.36. The van der Waals surface area contributed by atoms with Gasteiger partial charge >= 0.3 is 0 Å². The van der Waals surface area contributed by atoms with Crippen LogP contribution in [0.15, 0.2) is 23.4 Å². The minimum atomic E-state index is -3.72. The third-order valence-corrected chi connectivity index (χ3v) is 3.91. The first-order chi connectivity index (χ1) is 8.40. The van der Waals surface area contributed by atoms with E-state index in [9.17, 15) is 8.42 Å². The van der Waals surface area contributed by atoms with Gasteiger partial charge in [0.1, 0.15) is 4.90 Å². The zero-order valence-electron chi connectivity index (χ0n) is 10.0. The predicted octanol–water partition coefficient (Wildman–Crippen LogP) is 1.15. The van der Waals surface area contributed by atoms with Crippen molar-refractivity contribution in [3.8, 4) is 0 Å². The average molecular weight is 289 g/mol. The Bertz CT molecular complexity index is 659. The molecule has 2 aromatic rings. The molecule has 0 aliphatic carbocycles. The second kappa shape index (κ2) is 4.74. The molecule has 2 heterocycles. The maximum absolute atomic E-state index is 11.1. The molecular formula is C10H13ClN4O2S. The van der Waals surface area contributed by atoms with Crippen LogP contribution in [0.25, 0.3) is 0 Å². The van der Waals surface area contributed by atoms with Crippen LogP contribution in [0.2, 0.25) is 0 Å². The fourth-order valence-electron chi connectivity index (χ4n) is 1.62. The number of halogens is 1. The van der Waals surface area contributed by atoms with Gasteiger partial charge in [-0.05, 0) is 12.5 Å². The third-order valence-electron chi connectivity index (χ3n) is 2.60. The molecule has 0 fully saturated rings. The molecule has 2 aromatic heterocycles. The zero-order chi connectivity index (χ0) is 13.3. The van der Waals surface area contributed by atoms with Crippen LogP contribution in [-0.4, -0.2) is 28.0 Å². The zero-order valence-corrected chi connectivity index (χ0v) is 11.6. The Kier molecular flexibility index (Phi) is 3.45. The Morgan fingerprint density at radius 1 is 1.44 bits per heavy atom. The summed E-state index contributed by atoms with van der Waals surface area (Å²) in [6, 6.07) is 1.97. The quantitative estimate of drug-likeness (QED) is 0.792. The van der Waals surface area contributed by atoms with Gasteiger partial charge in [-0.1, -0.05) is 6.92 Å². The van der Waals surface area contributed by atoms with E-state index in [-0.39, 0.29) is 4.90 Å². The van der Waals surface area contributed by atoms with Gasteiger partial charge in [-0.2, -0.15) is 10.2 Å². The van der Waals surface area contributed by atoms with Crippen molar-refractivity contribution in [3.05, 3.63) is 29.8 Å². The minimum Gasteiger partial charge on any atom is -0.270 e. The molecule has 6 nitrogen and oxygen atoms in total. The largest absolute Gasteiger partial charge is 0.270 e. The fraction of sp³-hybridized carbons (Fsp3) is 0.400. The second-order valence-corrected chi connectivity index (χ2v) is 6.48. The van der Waals surface area contributed by atoms with Crippen LogP contribution in [0, 0.1) is 0 Å². The maximum Gasteiger partial charge on any atom is 0.264 e. The highest BCUT2D eigenvalue weighted by Crippen LogP contribution is 2.14. The Morgan fingerprint density at radius 2 is 2.17 bits per heavy atom. The first kappa shape index (κ1) is 13.1. The molecule has 0 unspecified atom stereocenters. The minimum absolute atomic E-state index is 0.00190. The van der Waals surface area contributed by atoms with Crippen molar-refractivity contribution in [2.45, 2.75) is 24.8 Å². The van der Waals surface area contributed by atoms with Gasteiger partial charge in [0.2, 0.25) is 0 Å². The highest BCUT2D eigenvalue weighted by Gasteiger charge is 2.13. The monoisotopic (exact) mass is 288 g/mol. The molecule has 2 rings (SSSR count). The molecule has 0 bridgehead atoms. The normalized spacial score (nSPS) is 11.9. The van der Waals surface area contributed by atoms with Crippen LogP contribution in [-0.2, 0) is 29.1 Å². The van der Waals surface area contributed by atoms with E-state index >= 15 is 0 Å². The van der Waals surface area contributed by atoms with Crippen molar-refractivity contribution < 1.29 is 8.42 Å². The van der Waals surface area contributed by atoms with Crippen molar-refractivity contribution in [1.29, 1.82) is 0 Å². The van der Waals surface area contributed by atoms with Gasteiger partial charge in [0.25, 0.3) is 9.05 Å². The first-order valence-corrected chi connectivity index (χ1v) is 7.70. The summed E-state index contributed by atoms with van der Waals surface area (Å²) in [4.78, 5) is 0.00190. The molecule has 0 aromatic carbocycles. The second-order valence-electron chi connectivity index (χ2n) is 3.92. The van der Waals surface area contributed by atoms with Crippen LogP contribution >= 0.6 is 10.7 Å². The number of hydrogen-bond acceptors (Lipinski definition) is 4. The molecule has 0 spiro atoms. The number of aryl methyl sites for hydroxylation is 2. The van der Waals surface area contributed by atoms with Gasteiger partial charge < -0.3 is 0 Å². The van der Waals surface area contributed by atoms with Crippen molar-refractivity contribution >= 4 is 19.7 Å². The molecular weight excluding hydrogens is 276 g/mol. The Labute approximate surface area is 110 Å². The van der Waals surface area contributed by atoms with E-state index in [4.69, 9.17) is 10.7 Å². The lowest BCUT2D eigenvalue weighted by Gasteiger charge is -2.01. The predicted molar refractivity (Wildman–Crippen MR) is 67.0 cm³/mol. The van der Waals surface area contributed by atoms with Gasteiger partial charge in [-0.3, -0.25) is 9.36 Å². The molecule has 8 heteroatoms.